The van der Waals surface area contributed by atoms with Gasteiger partial charge in [-0.3, -0.25) is 9.59 Å². The van der Waals surface area contributed by atoms with Crippen LogP contribution in [-0.4, -0.2) is 63.3 Å². The molecule has 0 aliphatic carbocycles. The van der Waals surface area contributed by atoms with Gasteiger partial charge in [0, 0.05) is 33.1 Å². The molecule has 0 bridgehead atoms. The van der Waals surface area contributed by atoms with E-state index in [9.17, 15) is 18.0 Å². The summed E-state index contributed by atoms with van der Waals surface area (Å²) in [5.41, 5.74) is 0. The second kappa shape index (κ2) is 9.66. The van der Waals surface area contributed by atoms with E-state index in [1.54, 1.807) is 30.1 Å². The van der Waals surface area contributed by atoms with E-state index in [-0.39, 0.29) is 36.2 Å². The van der Waals surface area contributed by atoms with Crippen LogP contribution in [0.5, 0.6) is 0 Å². The molecule has 8 heteroatoms. The zero-order chi connectivity index (χ0) is 20.7. The van der Waals surface area contributed by atoms with Crippen molar-refractivity contribution in [3.8, 4) is 0 Å². The lowest BCUT2D eigenvalue weighted by Gasteiger charge is -2.23. The van der Waals surface area contributed by atoms with Crippen LogP contribution >= 0.6 is 0 Å². The molecule has 1 N–H and O–H groups in total. The van der Waals surface area contributed by atoms with E-state index in [1.165, 1.54) is 4.90 Å². The molecule has 0 aliphatic rings. The maximum atomic E-state index is 12.5. The van der Waals surface area contributed by atoms with Crippen LogP contribution in [0.15, 0.2) is 47.4 Å². The molecule has 0 unspecified atom stereocenters. The summed E-state index contributed by atoms with van der Waals surface area (Å²) in [6.45, 7) is 4.89. The van der Waals surface area contributed by atoms with E-state index < -0.39 is 10.0 Å². The Morgan fingerprint density at radius 3 is 2.25 bits per heavy atom. The quantitative estimate of drug-likeness (QED) is 0.690. The normalized spacial score (nSPS) is 11.4. The van der Waals surface area contributed by atoms with Gasteiger partial charge < -0.3 is 9.80 Å². The van der Waals surface area contributed by atoms with Gasteiger partial charge in [0.1, 0.15) is 0 Å². The van der Waals surface area contributed by atoms with Crippen molar-refractivity contribution >= 4 is 32.6 Å². The number of benzene rings is 2. The average Bonchev–Trinajstić information content (AvgIpc) is 2.68. The minimum Gasteiger partial charge on any atom is -0.342 e. The first-order chi connectivity index (χ1) is 13.3. The zero-order valence-corrected chi connectivity index (χ0v) is 17.3. The number of hydrogen-bond acceptors (Lipinski definition) is 4. The topological polar surface area (TPSA) is 86.8 Å². The highest BCUT2D eigenvalue weighted by molar-refractivity contribution is 7.89. The fourth-order valence-corrected chi connectivity index (χ4v) is 3.94. The Kier molecular flexibility index (Phi) is 7.53. The summed E-state index contributed by atoms with van der Waals surface area (Å²) in [5, 5.41) is 1.78. The van der Waals surface area contributed by atoms with Gasteiger partial charge in [-0.05, 0) is 36.8 Å². The molecule has 2 aromatic rings. The van der Waals surface area contributed by atoms with Crippen molar-refractivity contribution in [2.75, 3.05) is 33.2 Å². The maximum Gasteiger partial charge on any atom is 0.242 e. The van der Waals surface area contributed by atoms with E-state index >= 15 is 0 Å². The molecule has 2 aromatic carbocycles. The number of carbonyl (C=O) groups excluding carboxylic acids is 2. The molecule has 0 fully saturated rings. The third-order valence-corrected chi connectivity index (χ3v) is 6.04. The third kappa shape index (κ3) is 5.53. The van der Waals surface area contributed by atoms with Crippen molar-refractivity contribution in [2.45, 2.75) is 25.2 Å². The van der Waals surface area contributed by atoms with Crippen LogP contribution < -0.4 is 4.72 Å². The number of nitrogens with one attached hydrogen (secondary N) is 1. The summed E-state index contributed by atoms with van der Waals surface area (Å²) < 4.78 is 27.4. The Morgan fingerprint density at radius 2 is 1.61 bits per heavy atom. The highest BCUT2D eigenvalue weighted by atomic mass is 32.2. The molecule has 152 valence electrons. The maximum absolute atomic E-state index is 12.5. The van der Waals surface area contributed by atoms with Crippen LogP contribution in [-0.2, 0) is 19.6 Å². The minimum absolute atomic E-state index is 0.0159. The van der Waals surface area contributed by atoms with Gasteiger partial charge in [-0.15, -0.1) is 0 Å². The molecule has 0 radical (unpaired) electrons. The van der Waals surface area contributed by atoms with Gasteiger partial charge in [0.15, 0.2) is 0 Å². The lowest BCUT2D eigenvalue weighted by molar-refractivity contribution is -0.139. The number of likely N-dealkylation sites (N-methyl/N-ethyl adjacent to an activating group) is 2. The number of hydrogen-bond donors (Lipinski definition) is 1. The molecule has 0 aliphatic heterocycles. The smallest absolute Gasteiger partial charge is 0.242 e. The number of sulfonamides is 1. The molecular weight excluding hydrogens is 378 g/mol. The third-order valence-electron chi connectivity index (χ3n) is 4.58. The van der Waals surface area contributed by atoms with Gasteiger partial charge in [-0.2, -0.15) is 0 Å². The van der Waals surface area contributed by atoms with E-state index in [1.807, 2.05) is 38.1 Å². The van der Waals surface area contributed by atoms with Crippen molar-refractivity contribution in [2.24, 2.45) is 0 Å². The van der Waals surface area contributed by atoms with Crippen LogP contribution in [0.3, 0.4) is 0 Å². The summed E-state index contributed by atoms with van der Waals surface area (Å²) in [6.07, 6.45) is -0.0190. The van der Waals surface area contributed by atoms with Gasteiger partial charge in [-0.1, -0.05) is 30.3 Å². The Labute approximate surface area is 166 Å². The second-order valence-electron chi connectivity index (χ2n) is 6.47. The van der Waals surface area contributed by atoms with E-state index in [2.05, 4.69) is 4.72 Å². The van der Waals surface area contributed by atoms with Gasteiger partial charge >= 0.3 is 0 Å². The minimum atomic E-state index is -3.71. The molecule has 28 heavy (non-hydrogen) atoms. The first-order valence-electron chi connectivity index (χ1n) is 9.28. The highest BCUT2D eigenvalue weighted by Crippen LogP contribution is 2.18. The summed E-state index contributed by atoms with van der Waals surface area (Å²) >= 11 is 0. The van der Waals surface area contributed by atoms with Crippen LogP contribution in [0.4, 0.5) is 0 Å². The first-order valence-corrected chi connectivity index (χ1v) is 10.8. The SMILES string of the molecule is CCN(CC)C(=O)CN(C)C(=O)CCNS(=O)(=O)c1ccc2ccccc2c1. The predicted molar refractivity (Wildman–Crippen MR) is 109 cm³/mol. The molecule has 0 saturated heterocycles. The van der Waals surface area contributed by atoms with Crippen LogP contribution in [0.2, 0.25) is 0 Å². The Morgan fingerprint density at radius 1 is 0.964 bits per heavy atom. The fourth-order valence-electron chi connectivity index (χ4n) is 2.87. The molecule has 2 amide bonds. The van der Waals surface area contributed by atoms with Crippen molar-refractivity contribution < 1.29 is 18.0 Å². The second-order valence-corrected chi connectivity index (χ2v) is 8.24. The van der Waals surface area contributed by atoms with Gasteiger partial charge in [0.05, 0.1) is 11.4 Å². The first kappa shape index (κ1) is 21.8. The predicted octanol–water partition coefficient (Wildman–Crippen LogP) is 1.84. The summed E-state index contributed by atoms with van der Waals surface area (Å²) in [6, 6.07) is 12.4. The van der Waals surface area contributed by atoms with E-state index in [0.29, 0.717) is 13.1 Å². The van der Waals surface area contributed by atoms with Gasteiger partial charge in [0.2, 0.25) is 21.8 Å². The fraction of sp³-hybridized carbons (Fsp3) is 0.400. The molecular formula is C20H27N3O4S. The number of amides is 2. The molecule has 2 rings (SSSR count). The van der Waals surface area contributed by atoms with Crippen molar-refractivity contribution in [1.82, 2.24) is 14.5 Å². The van der Waals surface area contributed by atoms with Crippen molar-refractivity contribution in [1.29, 1.82) is 0 Å². The average molecular weight is 406 g/mol. The number of nitrogens with zero attached hydrogens (tertiary/aromatic N) is 2. The van der Waals surface area contributed by atoms with Crippen LogP contribution in [0.25, 0.3) is 10.8 Å². The van der Waals surface area contributed by atoms with Gasteiger partial charge in [0.25, 0.3) is 0 Å². The number of rotatable bonds is 9. The zero-order valence-electron chi connectivity index (χ0n) is 16.5. The van der Waals surface area contributed by atoms with Crippen molar-refractivity contribution in [3.63, 3.8) is 0 Å². The van der Waals surface area contributed by atoms with Crippen molar-refractivity contribution in [3.05, 3.63) is 42.5 Å². The molecule has 0 heterocycles. The highest BCUT2D eigenvalue weighted by Gasteiger charge is 2.18. The Balaban J connectivity index is 1.91. The Hall–Kier alpha value is -2.45. The van der Waals surface area contributed by atoms with Gasteiger partial charge in [-0.25, -0.2) is 13.1 Å². The van der Waals surface area contributed by atoms with E-state index in [4.69, 9.17) is 0 Å². The molecule has 0 atom stereocenters. The lowest BCUT2D eigenvalue weighted by Crippen LogP contribution is -2.41. The van der Waals surface area contributed by atoms with Crippen LogP contribution in [0, 0.1) is 0 Å². The number of carbonyl (C=O) groups is 2. The molecule has 0 spiro atoms. The van der Waals surface area contributed by atoms with E-state index in [0.717, 1.165) is 10.8 Å². The summed E-state index contributed by atoms with van der Waals surface area (Å²) in [5.74, 6) is -0.417. The summed E-state index contributed by atoms with van der Waals surface area (Å²) in [4.78, 5) is 27.4. The lowest BCUT2D eigenvalue weighted by atomic mass is 10.1. The standard InChI is InChI=1S/C20H27N3O4S/c1-4-23(5-2)20(25)15-22(3)19(24)12-13-21-28(26,27)18-11-10-16-8-6-7-9-17(16)14-18/h6-11,14,21H,4-5,12-13,15H2,1-3H3. The molecule has 0 aromatic heterocycles. The largest absolute Gasteiger partial charge is 0.342 e. The summed E-state index contributed by atoms with van der Waals surface area (Å²) in [7, 11) is -2.17. The molecule has 7 nitrogen and oxygen atoms in total. The Bertz CT molecular complexity index is 939. The number of fused-ring (bicyclic) bond motifs is 1. The molecule has 0 saturated carbocycles. The van der Waals surface area contributed by atoms with Crippen LogP contribution in [0.1, 0.15) is 20.3 Å². The monoisotopic (exact) mass is 405 g/mol.